The van der Waals surface area contributed by atoms with Crippen molar-refractivity contribution in [3.05, 3.63) is 29.5 Å². The monoisotopic (exact) mass is 346 g/mol. The maximum Gasteiger partial charge on any atom is 0.317 e. The Morgan fingerprint density at radius 1 is 1.25 bits per heavy atom. The molecule has 0 aliphatic carbocycles. The highest BCUT2D eigenvalue weighted by Crippen LogP contribution is 2.19. The standard InChI is InChI=1S/C16H22N6OS/c1-21-8-3-9-22(11-10-21)16(23)19-7-4-13-12-24-15(20-13)14-17-5-2-6-18-14/h2,5-6,12H,3-4,7-11H2,1H3,(H,19,23). The Labute approximate surface area is 145 Å². The van der Waals surface area contributed by atoms with Crippen LogP contribution in [0.1, 0.15) is 12.1 Å². The van der Waals surface area contributed by atoms with E-state index in [2.05, 4.69) is 32.2 Å². The van der Waals surface area contributed by atoms with E-state index >= 15 is 0 Å². The van der Waals surface area contributed by atoms with Gasteiger partial charge in [-0.1, -0.05) is 0 Å². The van der Waals surface area contributed by atoms with Gasteiger partial charge in [-0.3, -0.25) is 0 Å². The highest BCUT2D eigenvalue weighted by Gasteiger charge is 2.17. The number of carbonyl (C=O) groups is 1. The number of carbonyl (C=O) groups excluding carboxylic acids is 1. The van der Waals surface area contributed by atoms with Crippen LogP contribution in [0.3, 0.4) is 0 Å². The van der Waals surface area contributed by atoms with Crippen LogP contribution in [-0.2, 0) is 6.42 Å². The quantitative estimate of drug-likeness (QED) is 0.908. The molecule has 1 N–H and O–H groups in total. The number of aromatic nitrogens is 3. The Bertz CT molecular complexity index is 662. The highest BCUT2D eigenvalue weighted by molar-refractivity contribution is 7.13. The van der Waals surface area contributed by atoms with Gasteiger partial charge in [0.05, 0.1) is 5.69 Å². The van der Waals surface area contributed by atoms with Crippen LogP contribution in [0, 0.1) is 0 Å². The lowest BCUT2D eigenvalue weighted by molar-refractivity contribution is 0.199. The first-order valence-electron chi connectivity index (χ1n) is 8.15. The van der Waals surface area contributed by atoms with Crippen molar-refractivity contribution < 1.29 is 4.79 Å². The highest BCUT2D eigenvalue weighted by atomic mass is 32.1. The third kappa shape index (κ3) is 4.48. The van der Waals surface area contributed by atoms with Crippen LogP contribution in [0.15, 0.2) is 23.8 Å². The molecule has 0 spiro atoms. The number of nitrogens with one attached hydrogen (secondary N) is 1. The lowest BCUT2D eigenvalue weighted by Gasteiger charge is -2.20. The molecule has 0 atom stereocenters. The summed E-state index contributed by atoms with van der Waals surface area (Å²) in [4.78, 5) is 29.3. The minimum absolute atomic E-state index is 0.0205. The van der Waals surface area contributed by atoms with Gasteiger partial charge in [-0.05, 0) is 26.1 Å². The number of likely N-dealkylation sites (N-methyl/N-ethyl adjacent to an activating group) is 1. The molecule has 0 bridgehead atoms. The van der Waals surface area contributed by atoms with Crippen LogP contribution < -0.4 is 5.32 Å². The van der Waals surface area contributed by atoms with E-state index in [0.29, 0.717) is 18.8 Å². The first-order valence-corrected chi connectivity index (χ1v) is 9.03. The molecule has 0 saturated carbocycles. The molecular weight excluding hydrogens is 324 g/mol. The summed E-state index contributed by atoms with van der Waals surface area (Å²) in [7, 11) is 2.09. The fourth-order valence-corrected chi connectivity index (χ4v) is 3.39. The average molecular weight is 346 g/mol. The number of thiazole rings is 1. The average Bonchev–Trinajstić information content (AvgIpc) is 2.96. The van der Waals surface area contributed by atoms with Crippen molar-refractivity contribution in [3.63, 3.8) is 0 Å². The fraction of sp³-hybridized carbons (Fsp3) is 0.500. The first kappa shape index (κ1) is 16.8. The van der Waals surface area contributed by atoms with Gasteiger partial charge in [0, 0.05) is 50.4 Å². The second-order valence-corrected chi connectivity index (χ2v) is 6.70. The number of rotatable bonds is 4. The number of amides is 2. The van der Waals surface area contributed by atoms with E-state index in [-0.39, 0.29) is 6.03 Å². The van der Waals surface area contributed by atoms with E-state index < -0.39 is 0 Å². The van der Waals surface area contributed by atoms with E-state index in [1.807, 2.05) is 10.3 Å². The predicted molar refractivity (Wildman–Crippen MR) is 93.9 cm³/mol. The molecule has 7 nitrogen and oxygen atoms in total. The summed E-state index contributed by atoms with van der Waals surface area (Å²) in [5.74, 6) is 0.645. The molecule has 1 fully saturated rings. The fourth-order valence-electron chi connectivity index (χ4n) is 2.59. The third-order valence-electron chi connectivity index (χ3n) is 3.97. The van der Waals surface area contributed by atoms with Gasteiger partial charge in [-0.15, -0.1) is 11.3 Å². The third-order valence-corrected chi connectivity index (χ3v) is 4.86. The molecule has 1 aliphatic heterocycles. The number of nitrogens with zero attached hydrogens (tertiary/aromatic N) is 5. The molecule has 24 heavy (non-hydrogen) atoms. The van der Waals surface area contributed by atoms with Gasteiger partial charge < -0.3 is 15.1 Å². The van der Waals surface area contributed by atoms with Crippen LogP contribution in [0.25, 0.3) is 10.8 Å². The number of urea groups is 1. The van der Waals surface area contributed by atoms with Crippen molar-refractivity contribution in [2.24, 2.45) is 0 Å². The van der Waals surface area contributed by atoms with Gasteiger partial charge in [0.2, 0.25) is 0 Å². The Hall–Kier alpha value is -2.06. The van der Waals surface area contributed by atoms with Crippen molar-refractivity contribution in [2.45, 2.75) is 12.8 Å². The Kier molecular flexibility index (Phi) is 5.71. The molecule has 3 rings (SSSR count). The summed E-state index contributed by atoms with van der Waals surface area (Å²) < 4.78 is 0. The molecule has 2 aromatic heterocycles. The second-order valence-electron chi connectivity index (χ2n) is 5.84. The molecule has 0 aromatic carbocycles. The summed E-state index contributed by atoms with van der Waals surface area (Å²) in [5.41, 5.74) is 0.957. The zero-order chi connectivity index (χ0) is 16.8. The lowest BCUT2D eigenvalue weighted by Crippen LogP contribution is -2.42. The summed E-state index contributed by atoms with van der Waals surface area (Å²) in [6.45, 7) is 4.17. The van der Waals surface area contributed by atoms with Crippen LogP contribution in [0.4, 0.5) is 4.79 Å². The van der Waals surface area contributed by atoms with Crippen LogP contribution in [0.5, 0.6) is 0 Å². The zero-order valence-corrected chi connectivity index (χ0v) is 14.6. The molecule has 0 radical (unpaired) electrons. The summed E-state index contributed by atoms with van der Waals surface area (Å²) in [5, 5.41) is 5.81. The van der Waals surface area contributed by atoms with Gasteiger partial charge in [0.25, 0.3) is 0 Å². The van der Waals surface area contributed by atoms with Crippen molar-refractivity contribution in [2.75, 3.05) is 39.8 Å². The molecule has 2 amide bonds. The van der Waals surface area contributed by atoms with Gasteiger partial charge in [0.1, 0.15) is 0 Å². The van der Waals surface area contributed by atoms with Crippen LogP contribution in [0.2, 0.25) is 0 Å². The molecule has 1 aliphatic rings. The van der Waals surface area contributed by atoms with Crippen LogP contribution in [-0.4, -0.2) is 70.6 Å². The Balaban J connectivity index is 1.46. The van der Waals surface area contributed by atoms with Crippen LogP contribution >= 0.6 is 11.3 Å². The van der Waals surface area contributed by atoms with E-state index in [1.54, 1.807) is 18.5 Å². The largest absolute Gasteiger partial charge is 0.338 e. The Morgan fingerprint density at radius 3 is 2.92 bits per heavy atom. The van der Waals surface area contributed by atoms with Crippen molar-refractivity contribution in [1.82, 2.24) is 30.1 Å². The predicted octanol–water partition coefficient (Wildman–Crippen LogP) is 1.49. The maximum absolute atomic E-state index is 12.2. The molecule has 128 valence electrons. The molecule has 1 saturated heterocycles. The molecule has 8 heteroatoms. The van der Waals surface area contributed by atoms with E-state index in [9.17, 15) is 4.79 Å². The summed E-state index contributed by atoms with van der Waals surface area (Å²) in [6.07, 6.45) is 5.16. The van der Waals surface area contributed by atoms with Crippen molar-refractivity contribution in [1.29, 1.82) is 0 Å². The summed E-state index contributed by atoms with van der Waals surface area (Å²) in [6, 6.07) is 1.81. The Morgan fingerprint density at radius 2 is 2.08 bits per heavy atom. The first-order chi connectivity index (χ1) is 11.7. The summed E-state index contributed by atoms with van der Waals surface area (Å²) >= 11 is 1.53. The normalized spacial score (nSPS) is 16.0. The minimum Gasteiger partial charge on any atom is -0.338 e. The molecular formula is C16H22N6OS. The van der Waals surface area contributed by atoms with Gasteiger partial charge in [0.15, 0.2) is 10.8 Å². The van der Waals surface area contributed by atoms with Crippen molar-refractivity contribution in [3.8, 4) is 10.8 Å². The topological polar surface area (TPSA) is 74.2 Å². The minimum atomic E-state index is 0.0205. The molecule has 2 aromatic rings. The lowest BCUT2D eigenvalue weighted by atomic mass is 10.3. The molecule has 0 unspecified atom stereocenters. The number of hydrogen-bond donors (Lipinski definition) is 1. The van der Waals surface area contributed by atoms with E-state index in [0.717, 1.165) is 43.3 Å². The number of hydrogen-bond acceptors (Lipinski definition) is 6. The van der Waals surface area contributed by atoms with Gasteiger partial charge in [-0.25, -0.2) is 19.7 Å². The van der Waals surface area contributed by atoms with Gasteiger partial charge in [-0.2, -0.15) is 0 Å². The zero-order valence-electron chi connectivity index (χ0n) is 13.8. The maximum atomic E-state index is 12.2. The van der Waals surface area contributed by atoms with E-state index in [1.165, 1.54) is 11.3 Å². The molecule has 3 heterocycles. The second kappa shape index (κ2) is 8.16. The SMILES string of the molecule is CN1CCCN(C(=O)NCCc2csc(-c3ncccn3)n2)CC1. The van der Waals surface area contributed by atoms with Crippen molar-refractivity contribution >= 4 is 17.4 Å². The van der Waals surface area contributed by atoms with E-state index in [4.69, 9.17) is 0 Å². The smallest absolute Gasteiger partial charge is 0.317 e. The van der Waals surface area contributed by atoms with Gasteiger partial charge >= 0.3 is 6.03 Å².